The van der Waals surface area contributed by atoms with Crippen molar-refractivity contribution in [2.45, 2.75) is 33.2 Å². The Balaban J connectivity index is 3.87. The van der Waals surface area contributed by atoms with Crippen LogP contribution in [0.4, 0.5) is 0 Å². The molecule has 94 valence electrons. The second kappa shape index (κ2) is 7.38. The first-order valence-electron chi connectivity index (χ1n) is 5.19. The van der Waals surface area contributed by atoms with Gasteiger partial charge in [0.25, 0.3) is 0 Å². The number of carbonyl (C=O) groups is 2. The molecule has 0 aliphatic carbocycles. The van der Waals surface area contributed by atoms with E-state index in [1.165, 1.54) is 0 Å². The molecule has 0 aromatic rings. The van der Waals surface area contributed by atoms with Crippen LogP contribution in [-0.4, -0.2) is 38.7 Å². The molecule has 0 spiro atoms. The Morgan fingerprint density at radius 3 is 2.31 bits per heavy atom. The minimum Gasteiger partial charge on any atom is -0.481 e. The molecule has 2 N–H and O–H groups in total. The molecule has 0 aliphatic rings. The maximum Gasteiger partial charge on any atom is 0.304 e. The van der Waals surface area contributed by atoms with E-state index in [0.29, 0.717) is 5.92 Å². The van der Waals surface area contributed by atoms with E-state index < -0.39 is 16.8 Å². The maximum absolute atomic E-state index is 11.4. The highest BCUT2D eigenvalue weighted by Gasteiger charge is 2.13. The Morgan fingerprint density at radius 2 is 1.88 bits per heavy atom. The molecule has 0 aromatic heterocycles. The Kier molecular flexibility index (Phi) is 6.96. The standard InChI is InChI=1S/C10H19NO4S/c1-7(2)8(3)11-9(12)6-16(15)5-4-10(13)14/h7-8H,4-6H2,1-3H3,(H,11,12)(H,13,14). The predicted molar refractivity (Wildman–Crippen MR) is 62.6 cm³/mol. The minimum absolute atomic E-state index is 0.0266. The third kappa shape index (κ3) is 7.39. The fraction of sp³-hybridized carbons (Fsp3) is 0.800. The summed E-state index contributed by atoms with van der Waals surface area (Å²) in [5.41, 5.74) is 0. The van der Waals surface area contributed by atoms with Crippen LogP contribution in [0.2, 0.25) is 0 Å². The van der Waals surface area contributed by atoms with Crippen LogP contribution in [0.5, 0.6) is 0 Å². The van der Waals surface area contributed by atoms with Crippen molar-refractivity contribution >= 4 is 22.7 Å². The Hall–Kier alpha value is -0.910. The van der Waals surface area contributed by atoms with Gasteiger partial charge in [-0.05, 0) is 12.8 Å². The maximum atomic E-state index is 11.4. The number of amides is 1. The summed E-state index contributed by atoms with van der Waals surface area (Å²) in [5, 5.41) is 11.1. The molecule has 0 aliphatic heterocycles. The summed E-state index contributed by atoms with van der Waals surface area (Å²) in [6.45, 7) is 5.83. The summed E-state index contributed by atoms with van der Waals surface area (Å²) in [5.74, 6) is -1.06. The average molecular weight is 249 g/mol. The van der Waals surface area contributed by atoms with E-state index in [1.807, 2.05) is 20.8 Å². The molecule has 0 radical (unpaired) electrons. The van der Waals surface area contributed by atoms with E-state index in [-0.39, 0.29) is 29.9 Å². The lowest BCUT2D eigenvalue weighted by molar-refractivity contribution is -0.136. The Morgan fingerprint density at radius 1 is 1.31 bits per heavy atom. The van der Waals surface area contributed by atoms with Crippen molar-refractivity contribution in [1.82, 2.24) is 5.32 Å². The molecule has 16 heavy (non-hydrogen) atoms. The molecule has 0 bridgehead atoms. The second-order valence-electron chi connectivity index (χ2n) is 4.03. The van der Waals surface area contributed by atoms with Crippen molar-refractivity contribution in [2.24, 2.45) is 5.92 Å². The molecular formula is C10H19NO4S. The number of carbonyl (C=O) groups excluding carboxylic acids is 1. The fourth-order valence-corrected chi connectivity index (χ4v) is 1.80. The Labute approximate surface area is 98.1 Å². The number of hydrogen-bond donors (Lipinski definition) is 2. The fourth-order valence-electron chi connectivity index (χ4n) is 0.882. The van der Waals surface area contributed by atoms with Crippen molar-refractivity contribution in [1.29, 1.82) is 0 Å². The SMILES string of the molecule is CC(C)C(C)NC(=O)CS(=O)CCC(=O)O. The first-order valence-corrected chi connectivity index (χ1v) is 6.68. The summed E-state index contributed by atoms with van der Waals surface area (Å²) in [4.78, 5) is 21.6. The van der Waals surface area contributed by atoms with Gasteiger partial charge in [0.1, 0.15) is 5.75 Å². The van der Waals surface area contributed by atoms with Crippen molar-refractivity contribution in [3.8, 4) is 0 Å². The molecule has 0 aromatic carbocycles. The van der Waals surface area contributed by atoms with Crippen LogP contribution < -0.4 is 5.32 Å². The van der Waals surface area contributed by atoms with Crippen molar-refractivity contribution < 1.29 is 18.9 Å². The number of rotatable bonds is 7. The van der Waals surface area contributed by atoms with Gasteiger partial charge in [-0.1, -0.05) is 13.8 Å². The number of aliphatic carboxylic acids is 1. The second-order valence-corrected chi connectivity index (χ2v) is 5.61. The first-order chi connectivity index (χ1) is 7.32. The van der Waals surface area contributed by atoms with Crippen LogP contribution in [0.1, 0.15) is 27.2 Å². The van der Waals surface area contributed by atoms with Gasteiger partial charge in [0.05, 0.1) is 6.42 Å². The monoisotopic (exact) mass is 249 g/mol. The molecule has 1 amide bonds. The number of hydrogen-bond acceptors (Lipinski definition) is 3. The van der Waals surface area contributed by atoms with Gasteiger partial charge in [0, 0.05) is 22.6 Å². The molecule has 0 fully saturated rings. The smallest absolute Gasteiger partial charge is 0.304 e. The van der Waals surface area contributed by atoms with Crippen molar-refractivity contribution in [3.05, 3.63) is 0 Å². The van der Waals surface area contributed by atoms with E-state index in [2.05, 4.69) is 5.32 Å². The van der Waals surface area contributed by atoms with Crippen LogP contribution in [0, 0.1) is 5.92 Å². The zero-order valence-electron chi connectivity index (χ0n) is 9.86. The number of carboxylic acid groups (broad SMARTS) is 1. The first kappa shape index (κ1) is 15.1. The van der Waals surface area contributed by atoms with Crippen LogP contribution >= 0.6 is 0 Å². The zero-order valence-corrected chi connectivity index (χ0v) is 10.7. The van der Waals surface area contributed by atoms with Crippen LogP contribution in [0.3, 0.4) is 0 Å². The normalized spacial score (nSPS) is 14.5. The van der Waals surface area contributed by atoms with E-state index in [0.717, 1.165) is 0 Å². The summed E-state index contributed by atoms with van der Waals surface area (Å²) in [6.07, 6.45) is -0.167. The molecule has 6 heteroatoms. The Bertz CT molecular complexity index is 278. The van der Waals surface area contributed by atoms with E-state index in [9.17, 15) is 13.8 Å². The van der Waals surface area contributed by atoms with Gasteiger partial charge in [0.2, 0.25) is 5.91 Å². The van der Waals surface area contributed by atoms with Gasteiger partial charge in [0.15, 0.2) is 0 Å². The third-order valence-electron chi connectivity index (χ3n) is 2.22. The lowest BCUT2D eigenvalue weighted by Gasteiger charge is -2.17. The molecule has 0 heterocycles. The van der Waals surface area contributed by atoms with Crippen LogP contribution in [-0.2, 0) is 20.4 Å². The molecule has 2 unspecified atom stereocenters. The lowest BCUT2D eigenvalue weighted by Crippen LogP contribution is -2.38. The highest BCUT2D eigenvalue weighted by atomic mass is 32.2. The number of nitrogens with one attached hydrogen (secondary N) is 1. The molecule has 5 nitrogen and oxygen atoms in total. The topological polar surface area (TPSA) is 83.5 Å². The zero-order chi connectivity index (χ0) is 12.7. The van der Waals surface area contributed by atoms with Gasteiger partial charge in [-0.15, -0.1) is 0 Å². The summed E-state index contributed by atoms with van der Waals surface area (Å²) in [6, 6.07) is 0.0315. The average Bonchev–Trinajstić information content (AvgIpc) is 2.14. The van der Waals surface area contributed by atoms with Crippen LogP contribution in [0.15, 0.2) is 0 Å². The number of carboxylic acids is 1. The van der Waals surface area contributed by atoms with E-state index in [4.69, 9.17) is 5.11 Å². The third-order valence-corrected chi connectivity index (χ3v) is 3.47. The van der Waals surface area contributed by atoms with Crippen molar-refractivity contribution in [3.63, 3.8) is 0 Å². The quantitative estimate of drug-likeness (QED) is 0.683. The summed E-state index contributed by atoms with van der Waals surface area (Å²) < 4.78 is 11.3. The largest absolute Gasteiger partial charge is 0.481 e. The summed E-state index contributed by atoms with van der Waals surface area (Å²) >= 11 is 0. The molecule has 0 saturated heterocycles. The van der Waals surface area contributed by atoms with E-state index >= 15 is 0 Å². The van der Waals surface area contributed by atoms with Gasteiger partial charge in [-0.2, -0.15) is 0 Å². The van der Waals surface area contributed by atoms with E-state index in [1.54, 1.807) is 0 Å². The van der Waals surface area contributed by atoms with Crippen molar-refractivity contribution in [2.75, 3.05) is 11.5 Å². The van der Waals surface area contributed by atoms with Crippen LogP contribution in [0.25, 0.3) is 0 Å². The highest BCUT2D eigenvalue weighted by Crippen LogP contribution is 1.99. The van der Waals surface area contributed by atoms with Gasteiger partial charge < -0.3 is 10.4 Å². The highest BCUT2D eigenvalue weighted by molar-refractivity contribution is 7.85. The minimum atomic E-state index is -1.39. The predicted octanol–water partition coefficient (Wildman–Crippen LogP) is 0.370. The summed E-state index contributed by atoms with van der Waals surface area (Å²) in [7, 11) is -1.39. The molecule has 2 atom stereocenters. The van der Waals surface area contributed by atoms with Gasteiger partial charge >= 0.3 is 5.97 Å². The van der Waals surface area contributed by atoms with Gasteiger partial charge in [-0.3, -0.25) is 13.8 Å². The lowest BCUT2D eigenvalue weighted by atomic mass is 10.1. The molecule has 0 rings (SSSR count). The molecular weight excluding hydrogens is 230 g/mol. The molecule has 0 saturated carbocycles. The van der Waals surface area contributed by atoms with Gasteiger partial charge in [-0.25, -0.2) is 0 Å².